The van der Waals surface area contributed by atoms with Crippen LogP contribution < -0.4 is 10.9 Å². The van der Waals surface area contributed by atoms with Crippen LogP contribution in [0.4, 0.5) is 5.69 Å². The Kier molecular flexibility index (Phi) is 4.41. The zero-order valence-electron chi connectivity index (χ0n) is 11.5. The first kappa shape index (κ1) is 14.1. The minimum Gasteiger partial charge on any atom is -0.382 e. The second-order valence-corrected chi connectivity index (χ2v) is 6.53. The second kappa shape index (κ2) is 6.26. The van der Waals surface area contributed by atoms with E-state index >= 15 is 0 Å². The summed E-state index contributed by atoms with van der Waals surface area (Å²) in [5.74, 6) is 1.26. The summed E-state index contributed by atoms with van der Waals surface area (Å²) in [7, 11) is 0. The van der Waals surface area contributed by atoms with Gasteiger partial charge in [-0.1, -0.05) is 0 Å². The van der Waals surface area contributed by atoms with Gasteiger partial charge in [-0.3, -0.25) is 4.79 Å². The average molecular weight is 342 g/mol. The molecule has 2 fully saturated rings. The number of hydrogen-bond donors (Lipinski definition) is 1. The summed E-state index contributed by atoms with van der Waals surface area (Å²) < 4.78 is 7.52. The van der Waals surface area contributed by atoms with Crippen LogP contribution in [0.2, 0.25) is 0 Å². The van der Waals surface area contributed by atoms with Gasteiger partial charge in [-0.25, -0.2) is 4.68 Å². The quantitative estimate of drug-likeness (QED) is 0.892. The van der Waals surface area contributed by atoms with Crippen LogP contribution in [0, 0.1) is 11.8 Å². The Bertz CT molecular complexity index is 522. The summed E-state index contributed by atoms with van der Waals surface area (Å²) in [5, 5.41) is 7.61. The van der Waals surface area contributed by atoms with E-state index in [9.17, 15) is 4.79 Å². The van der Waals surface area contributed by atoms with Crippen molar-refractivity contribution >= 4 is 21.6 Å². The maximum Gasteiger partial charge on any atom is 0.283 e. The molecule has 1 aliphatic heterocycles. The largest absolute Gasteiger partial charge is 0.382 e. The van der Waals surface area contributed by atoms with E-state index in [-0.39, 0.29) is 5.56 Å². The van der Waals surface area contributed by atoms with Crippen LogP contribution >= 0.6 is 15.9 Å². The van der Waals surface area contributed by atoms with E-state index in [1.54, 1.807) is 10.9 Å². The molecular formula is C14H20BrN3O2. The Morgan fingerprint density at radius 3 is 2.75 bits per heavy atom. The minimum atomic E-state index is -0.0334. The number of rotatable bonds is 5. The van der Waals surface area contributed by atoms with E-state index in [1.807, 2.05) is 0 Å². The third kappa shape index (κ3) is 3.41. The highest BCUT2D eigenvalue weighted by molar-refractivity contribution is 9.10. The second-order valence-electron chi connectivity index (χ2n) is 5.74. The van der Waals surface area contributed by atoms with Crippen molar-refractivity contribution in [3.63, 3.8) is 0 Å². The normalized spacial score (nSPS) is 20.1. The van der Waals surface area contributed by atoms with Crippen molar-refractivity contribution in [3.05, 3.63) is 21.0 Å². The summed E-state index contributed by atoms with van der Waals surface area (Å²) in [6, 6.07) is 0. The van der Waals surface area contributed by atoms with Crippen LogP contribution in [0.25, 0.3) is 0 Å². The Balaban J connectivity index is 1.63. The van der Waals surface area contributed by atoms with Gasteiger partial charge in [0.05, 0.1) is 11.9 Å². The van der Waals surface area contributed by atoms with E-state index in [4.69, 9.17) is 4.74 Å². The molecule has 5 nitrogen and oxygen atoms in total. The predicted molar refractivity (Wildman–Crippen MR) is 81.0 cm³/mol. The van der Waals surface area contributed by atoms with E-state index in [2.05, 4.69) is 26.3 Å². The molecule has 0 spiro atoms. The molecule has 20 heavy (non-hydrogen) atoms. The molecule has 1 aliphatic carbocycles. The van der Waals surface area contributed by atoms with Crippen LogP contribution in [0.1, 0.15) is 25.7 Å². The molecule has 1 N–H and O–H groups in total. The predicted octanol–water partition coefficient (Wildman–Crippen LogP) is 2.25. The summed E-state index contributed by atoms with van der Waals surface area (Å²) in [4.78, 5) is 12.2. The third-order valence-corrected chi connectivity index (χ3v) is 4.80. The van der Waals surface area contributed by atoms with E-state index in [1.165, 1.54) is 12.8 Å². The molecule has 2 aliphatic rings. The van der Waals surface area contributed by atoms with Crippen molar-refractivity contribution in [2.24, 2.45) is 11.8 Å². The molecule has 0 unspecified atom stereocenters. The molecule has 1 saturated heterocycles. The molecule has 0 atom stereocenters. The van der Waals surface area contributed by atoms with Crippen LogP contribution in [-0.4, -0.2) is 29.5 Å². The van der Waals surface area contributed by atoms with Crippen molar-refractivity contribution in [2.45, 2.75) is 32.2 Å². The lowest BCUT2D eigenvalue weighted by molar-refractivity contribution is 0.0699. The smallest absolute Gasteiger partial charge is 0.283 e. The lowest BCUT2D eigenvalue weighted by Crippen LogP contribution is -2.27. The fraction of sp³-hybridized carbons (Fsp3) is 0.714. The molecule has 0 radical (unpaired) electrons. The number of halogens is 1. The number of nitrogens with one attached hydrogen (secondary N) is 1. The van der Waals surface area contributed by atoms with Crippen molar-refractivity contribution in [1.29, 1.82) is 0 Å². The first-order chi connectivity index (χ1) is 9.74. The highest BCUT2D eigenvalue weighted by Gasteiger charge is 2.23. The molecule has 3 rings (SSSR count). The Labute approximate surface area is 126 Å². The zero-order valence-corrected chi connectivity index (χ0v) is 13.1. The minimum absolute atomic E-state index is 0.0334. The molecule has 110 valence electrons. The monoisotopic (exact) mass is 341 g/mol. The van der Waals surface area contributed by atoms with Gasteiger partial charge in [-0.2, -0.15) is 5.10 Å². The summed E-state index contributed by atoms with van der Waals surface area (Å²) in [5.41, 5.74) is 0.766. The number of nitrogens with zero attached hydrogens (tertiary/aromatic N) is 2. The van der Waals surface area contributed by atoms with Gasteiger partial charge in [-0.15, -0.1) is 0 Å². The first-order valence-corrected chi connectivity index (χ1v) is 8.10. The lowest BCUT2D eigenvalue weighted by Gasteiger charge is -2.22. The van der Waals surface area contributed by atoms with E-state index < -0.39 is 0 Å². The number of hydrogen-bond acceptors (Lipinski definition) is 4. The highest BCUT2D eigenvalue weighted by Crippen LogP contribution is 2.30. The number of ether oxygens (including phenoxy) is 1. The van der Waals surface area contributed by atoms with Gasteiger partial charge in [0, 0.05) is 26.3 Å². The fourth-order valence-corrected chi connectivity index (χ4v) is 2.92. The van der Waals surface area contributed by atoms with Crippen molar-refractivity contribution in [3.8, 4) is 0 Å². The van der Waals surface area contributed by atoms with Gasteiger partial charge < -0.3 is 10.1 Å². The van der Waals surface area contributed by atoms with Crippen LogP contribution in [-0.2, 0) is 11.3 Å². The molecular weight excluding hydrogens is 322 g/mol. The van der Waals surface area contributed by atoms with Crippen molar-refractivity contribution in [2.75, 3.05) is 25.1 Å². The van der Waals surface area contributed by atoms with Crippen molar-refractivity contribution < 1.29 is 4.74 Å². The van der Waals surface area contributed by atoms with Gasteiger partial charge in [0.1, 0.15) is 4.47 Å². The standard InChI is InChI=1S/C14H20BrN3O2/c15-13-12(16-7-10-3-5-20-6-4-10)8-17-18(14(13)19)9-11-1-2-11/h8,10-11,16H,1-7,9H2. The topological polar surface area (TPSA) is 56.1 Å². The molecule has 6 heteroatoms. The molecule has 0 bridgehead atoms. The summed E-state index contributed by atoms with van der Waals surface area (Å²) >= 11 is 3.41. The van der Waals surface area contributed by atoms with Gasteiger partial charge >= 0.3 is 0 Å². The molecule has 0 amide bonds. The molecule has 2 heterocycles. The van der Waals surface area contributed by atoms with Crippen LogP contribution in [0.15, 0.2) is 15.5 Å². The third-order valence-electron chi connectivity index (χ3n) is 4.04. The first-order valence-electron chi connectivity index (χ1n) is 7.31. The maximum absolute atomic E-state index is 12.2. The molecule has 1 aromatic rings. The van der Waals surface area contributed by atoms with Crippen LogP contribution in [0.5, 0.6) is 0 Å². The highest BCUT2D eigenvalue weighted by atomic mass is 79.9. The molecule has 1 saturated carbocycles. The summed E-state index contributed by atoms with van der Waals surface area (Å²) in [6.07, 6.45) is 6.35. The molecule has 0 aromatic carbocycles. The number of aromatic nitrogens is 2. The lowest BCUT2D eigenvalue weighted by atomic mass is 10.0. The maximum atomic E-state index is 12.2. The van der Waals surface area contributed by atoms with Gasteiger partial charge in [0.15, 0.2) is 0 Å². The van der Waals surface area contributed by atoms with Gasteiger partial charge in [0.25, 0.3) is 5.56 Å². The summed E-state index contributed by atoms with van der Waals surface area (Å²) in [6.45, 7) is 3.30. The van der Waals surface area contributed by atoms with Gasteiger partial charge in [0.2, 0.25) is 0 Å². The Morgan fingerprint density at radius 2 is 2.05 bits per heavy atom. The SMILES string of the molecule is O=c1c(Br)c(NCC2CCOCC2)cnn1CC1CC1. The molecule has 1 aromatic heterocycles. The number of anilines is 1. The Morgan fingerprint density at radius 1 is 1.30 bits per heavy atom. The van der Waals surface area contributed by atoms with Gasteiger partial charge in [-0.05, 0) is 53.4 Å². The van der Waals surface area contributed by atoms with E-state index in [0.29, 0.717) is 16.3 Å². The Hall–Kier alpha value is -0.880. The zero-order chi connectivity index (χ0) is 13.9. The van der Waals surface area contributed by atoms with Crippen LogP contribution in [0.3, 0.4) is 0 Å². The van der Waals surface area contributed by atoms with E-state index in [0.717, 1.165) is 44.8 Å². The van der Waals surface area contributed by atoms with Crippen molar-refractivity contribution in [1.82, 2.24) is 9.78 Å². The fourth-order valence-electron chi connectivity index (χ4n) is 2.47. The average Bonchev–Trinajstić information content (AvgIpc) is 3.28.